The molecule has 1 aromatic heterocycles. The molecule has 0 bridgehead atoms. The number of likely N-dealkylation sites (N-methyl/N-ethyl adjacent to an activating group) is 1. The van der Waals surface area contributed by atoms with E-state index in [1.165, 1.54) is 12.8 Å². The first-order chi connectivity index (χ1) is 8.27. The molecule has 1 atom stereocenters. The second kappa shape index (κ2) is 5.65. The third-order valence-corrected chi connectivity index (χ3v) is 4.04. The summed E-state index contributed by atoms with van der Waals surface area (Å²) in [7, 11) is 1.86. The lowest BCUT2D eigenvalue weighted by Gasteiger charge is -2.26. The summed E-state index contributed by atoms with van der Waals surface area (Å²) >= 11 is 1.64. The highest BCUT2D eigenvalue weighted by Crippen LogP contribution is 2.30. The van der Waals surface area contributed by atoms with Crippen molar-refractivity contribution in [3.8, 4) is 0 Å². The molecule has 4 heteroatoms. The Hall–Kier alpha value is -0.870. The predicted molar refractivity (Wildman–Crippen MR) is 71.1 cm³/mol. The van der Waals surface area contributed by atoms with Gasteiger partial charge in [-0.25, -0.2) is 0 Å². The summed E-state index contributed by atoms with van der Waals surface area (Å²) in [6.07, 6.45) is 3.38. The van der Waals surface area contributed by atoms with Crippen LogP contribution in [0.1, 0.15) is 37.1 Å². The summed E-state index contributed by atoms with van der Waals surface area (Å²) in [5.41, 5.74) is 0. The highest BCUT2D eigenvalue weighted by molar-refractivity contribution is 7.10. The fourth-order valence-electron chi connectivity index (χ4n) is 2.11. The Morgan fingerprint density at radius 2 is 2.41 bits per heavy atom. The normalized spacial score (nSPS) is 16.8. The van der Waals surface area contributed by atoms with Crippen LogP contribution in [0.5, 0.6) is 0 Å². The molecule has 1 saturated carbocycles. The lowest BCUT2D eigenvalue weighted by Crippen LogP contribution is -2.41. The Labute approximate surface area is 107 Å². The molecular weight excluding hydrogens is 232 g/mol. The number of carbonyl (C=O) groups is 1. The van der Waals surface area contributed by atoms with E-state index in [2.05, 4.69) is 17.1 Å². The minimum Gasteiger partial charge on any atom is -0.338 e. The molecule has 1 N–H and O–H groups in total. The van der Waals surface area contributed by atoms with Crippen LogP contribution in [0.3, 0.4) is 0 Å². The highest BCUT2D eigenvalue weighted by Gasteiger charge is 2.35. The highest BCUT2D eigenvalue weighted by atomic mass is 32.1. The molecule has 0 aliphatic heterocycles. The first kappa shape index (κ1) is 12.6. The zero-order chi connectivity index (χ0) is 12.3. The van der Waals surface area contributed by atoms with Crippen LogP contribution in [0.4, 0.5) is 0 Å². The van der Waals surface area contributed by atoms with E-state index in [0.29, 0.717) is 6.04 Å². The van der Waals surface area contributed by atoms with E-state index in [0.717, 1.165) is 17.8 Å². The molecular formula is C13H20N2OS. The van der Waals surface area contributed by atoms with Gasteiger partial charge < -0.3 is 10.2 Å². The van der Waals surface area contributed by atoms with Gasteiger partial charge in [0.25, 0.3) is 0 Å². The Morgan fingerprint density at radius 3 is 2.88 bits per heavy atom. The number of hydrogen-bond donors (Lipinski definition) is 1. The van der Waals surface area contributed by atoms with Crippen LogP contribution in [0.15, 0.2) is 17.5 Å². The summed E-state index contributed by atoms with van der Waals surface area (Å²) in [6.45, 7) is 3.01. The minimum atomic E-state index is -0.165. The molecule has 1 unspecified atom stereocenters. The Bertz CT molecular complexity index is 360. The SMILES string of the molecule is CCCN(C(=O)C(NC)c1cccs1)C1CC1. The Kier molecular flexibility index (Phi) is 4.18. The third-order valence-electron chi connectivity index (χ3n) is 3.10. The summed E-state index contributed by atoms with van der Waals surface area (Å²) in [5, 5.41) is 5.17. The van der Waals surface area contributed by atoms with Crippen molar-refractivity contribution in [2.45, 2.75) is 38.3 Å². The number of carbonyl (C=O) groups excluding carboxylic acids is 1. The van der Waals surface area contributed by atoms with Gasteiger partial charge in [-0.3, -0.25) is 4.79 Å². The second-order valence-electron chi connectivity index (χ2n) is 4.50. The molecule has 0 spiro atoms. The number of amides is 1. The molecule has 1 amide bonds. The maximum absolute atomic E-state index is 12.5. The Balaban J connectivity index is 2.09. The lowest BCUT2D eigenvalue weighted by atomic mass is 10.2. The van der Waals surface area contributed by atoms with Gasteiger partial charge in [-0.1, -0.05) is 13.0 Å². The number of nitrogens with one attached hydrogen (secondary N) is 1. The molecule has 1 aliphatic carbocycles. The fourth-order valence-corrected chi connectivity index (χ4v) is 2.93. The molecule has 0 radical (unpaired) electrons. The predicted octanol–water partition coefficient (Wildman–Crippen LogP) is 2.41. The van der Waals surface area contributed by atoms with Crippen LogP contribution in [-0.4, -0.2) is 30.4 Å². The fraction of sp³-hybridized carbons (Fsp3) is 0.615. The molecule has 2 rings (SSSR count). The van der Waals surface area contributed by atoms with Gasteiger partial charge in [0.1, 0.15) is 6.04 Å². The van der Waals surface area contributed by atoms with E-state index in [4.69, 9.17) is 0 Å². The van der Waals surface area contributed by atoms with Crippen LogP contribution in [0, 0.1) is 0 Å². The molecule has 17 heavy (non-hydrogen) atoms. The number of hydrogen-bond acceptors (Lipinski definition) is 3. The van der Waals surface area contributed by atoms with Crippen molar-refractivity contribution in [2.24, 2.45) is 0 Å². The van der Waals surface area contributed by atoms with Gasteiger partial charge in [-0.15, -0.1) is 11.3 Å². The van der Waals surface area contributed by atoms with E-state index in [9.17, 15) is 4.79 Å². The molecule has 3 nitrogen and oxygen atoms in total. The van der Waals surface area contributed by atoms with Gasteiger partial charge in [0.05, 0.1) is 0 Å². The smallest absolute Gasteiger partial charge is 0.245 e. The summed E-state index contributed by atoms with van der Waals surface area (Å²) in [5.74, 6) is 0.235. The van der Waals surface area contributed by atoms with E-state index in [-0.39, 0.29) is 11.9 Å². The van der Waals surface area contributed by atoms with Gasteiger partial charge in [0, 0.05) is 17.5 Å². The zero-order valence-electron chi connectivity index (χ0n) is 10.5. The van der Waals surface area contributed by atoms with Crippen LogP contribution < -0.4 is 5.32 Å². The second-order valence-corrected chi connectivity index (χ2v) is 5.48. The van der Waals surface area contributed by atoms with Crippen molar-refractivity contribution in [1.82, 2.24) is 10.2 Å². The van der Waals surface area contributed by atoms with Gasteiger partial charge >= 0.3 is 0 Å². The lowest BCUT2D eigenvalue weighted by molar-refractivity contribution is -0.134. The summed E-state index contributed by atoms with van der Waals surface area (Å²) in [4.78, 5) is 15.7. The molecule has 1 aliphatic rings. The average Bonchev–Trinajstić information content (AvgIpc) is 3.03. The van der Waals surface area contributed by atoms with Crippen molar-refractivity contribution in [2.75, 3.05) is 13.6 Å². The largest absolute Gasteiger partial charge is 0.338 e. The first-order valence-corrected chi connectivity index (χ1v) is 7.17. The summed E-state index contributed by atoms with van der Waals surface area (Å²) in [6, 6.07) is 4.36. The molecule has 1 aromatic rings. The Morgan fingerprint density at radius 1 is 1.65 bits per heavy atom. The van der Waals surface area contributed by atoms with Crippen molar-refractivity contribution in [3.63, 3.8) is 0 Å². The third kappa shape index (κ3) is 2.87. The van der Waals surface area contributed by atoms with Crippen molar-refractivity contribution < 1.29 is 4.79 Å². The standard InChI is InChI=1S/C13H20N2OS/c1-3-8-15(10-6-7-10)13(16)12(14-2)11-5-4-9-17-11/h4-5,9-10,12,14H,3,6-8H2,1-2H3. The van der Waals surface area contributed by atoms with E-state index >= 15 is 0 Å². The topological polar surface area (TPSA) is 32.3 Å². The molecule has 0 aromatic carbocycles. The van der Waals surface area contributed by atoms with Crippen LogP contribution >= 0.6 is 11.3 Å². The molecule has 0 saturated heterocycles. The van der Waals surface area contributed by atoms with Gasteiger partial charge in [-0.05, 0) is 37.8 Å². The molecule has 1 heterocycles. The number of rotatable bonds is 6. The molecule has 1 fully saturated rings. The van der Waals surface area contributed by atoms with E-state index in [1.54, 1.807) is 11.3 Å². The number of thiophene rings is 1. The van der Waals surface area contributed by atoms with E-state index < -0.39 is 0 Å². The van der Waals surface area contributed by atoms with Crippen LogP contribution in [0.2, 0.25) is 0 Å². The van der Waals surface area contributed by atoms with Gasteiger partial charge in [-0.2, -0.15) is 0 Å². The first-order valence-electron chi connectivity index (χ1n) is 6.29. The van der Waals surface area contributed by atoms with E-state index in [1.807, 2.05) is 24.6 Å². The monoisotopic (exact) mass is 252 g/mol. The summed E-state index contributed by atoms with van der Waals surface area (Å²) < 4.78 is 0. The van der Waals surface area contributed by atoms with Crippen molar-refractivity contribution >= 4 is 17.2 Å². The minimum absolute atomic E-state index is 0.165. The maximum Gasteiger partial charge on any atom is 0.245 e. The average molecular weight is 252 g/mol. The van der Waals surface area contributed by atoms with Crippen molar-refractivity contribution in [3.05, 3.63) is 22.4 Å². The zero-order valence-corrected chi connectivity index (χ0v) is 11.3. The number of nitrogens with zero attached hydrogens (tertiary/aromatic N) is 1. The van der Waals surface area contributed by atoms with Gasteiger partial charge in [0.2, 0.25) is 5.91 Å². The van der Waals surface area contributed by atoms with Crippen molar-refractivity contribution in [1.29, 1.82) is 0 Å². The molecule has 94 valence electrons. The maximum atomic E-state index is 12.5. The van der Waals surface area contributed by atoms with Crippen LogP contribution in [0.25, 0.3) is 0 Å². The van der Waals surface area contributed by atoms with Crippen LogP contribution in [-0.2, 0) is 4.79 Å². The quantitative estimate of drug-likeness (QED) is 0.843. The van der Waals surface area contributed by atoms with Gasteiger partial charge in [0.15, 0.2) is 0 Å².